The van der Waals surface area contributed by atoms with Gasteiger partial charge in [-0.2, -0.15) is 0 Å². The first-order valence-corrected chi connectivity index (χ1v) is 7.55. The van der Waals surface area contributed by atoms with Crippen molar-refractivity contribution in [2.75, 3.05) is 39.8 Å². The van der Waals surface area contributed by atoms with Crippen molar-refractivity contribution in [1.82, 2.24) is 15.1 Å². The molecule has 0 saturated carbocycles. The highest BCUT2D eigenvalue weighted by atomic mass is 16.5. The van der Waals surface area contributed by atoms with Crippen LogP contribution in [0.2, 0.25) is 0 Å². The Balaban J connectivity index is 1.58. The number of nitrogens with zero attached hydrogens (tertiary/aromatic N) is 2. The van der Waals surface area contributed by atoms with Gasteiger partial charge in [0.1, 0.15) is 0 Å². The Kier molecular flexibility index (Phi) is 3.83. The van der Waals surface area contributed by atoms with Gasteiger partial charge in [-0.1, -0.05) is 0 Å². The molecule has 20 heavy (non-hydrogen) atoms. The summed E-state index contributed by atoms with van der Waals surface area (Å²) in [5, 5.41) is 2.67. The Labute approximate surface area is 119 Å². The van der Waals surface area contributed by atoms with E-state index in [0.717, 1.165) is 32.5 Å². The number of hydrogen-bond donors (Lipinski definition) is 1. The lowest BCUT2D eigenvalue weighted by Crippen LogP contribution is -2.41. The number of carbonyl (C=O) groups is 2. The van der Waals surface area contributed by atoms with Crippen molar-refractivity contribution in [3.05, 3.63) is 0 Å². The standard InChI is InChI=1S/C14H23N3O3/c1-15-13(18)6-10-9-20-12-8-17(7-11(10)12)14(19)16-4-2-3-5-16/h10-12H,2-9H2,1H3,(H,15,18)/t10-,11-,12-/m1/s1. The molecule has 3 amide bonds. The zero-order valence-electron chi connectivity index (χ0n) is 12.0. The van der Waals surface area contributed by atoms with E-state index < -0.39 is 0 Å². The summed E-state index contributed by atoms with van der Waals surface area (Å²) in [5.41, 5.74) is 0. The van der Waals surface area contributed by atoms with Crippen LogP contribution < -0.4 is 5.32 Å². The van der Waals surface area contributed by atoms with Gasteiger partial charge in [-0.25, -0.2) is 4.79 Å². The lowest BCUT2D eigenvalue weighted by atomic mass is 9.90. The lowest BCUT2D eigenvalue weighted by molar-refractivity contribution is -0.121. The van der Waals surface area contributed by atoms with Gasteiger partial charge in [0.2, 0.25) is 5.91 Å². The van der Waals surface area contributed by atoms with E-state index in [9.17, 15) is 9.59 Å². The molecule has 112 valence electrons. The molecule has 3 rings (SSSR count). The third kappa shape index (κ3) is 2.49. The van der Waals surface area contributed by atoms with E-state index in [1.165, 1.54) is 0 Å². The van der Waals surface area contributed by atoms with Gasteiger partial charge in [-0.3, -0.25) is 4.79 Å². The van der Waals surface area contributed by atoms with Gasteiger partial charge < -0.3 is 19.9 Å². The number of fused-ring (bicyclic) bond motifs is 1. The van der Waals surface area contributed by atoms with E-state index in [1.54, 1.807) is 7.05 Å². The summed E-state index contributed by atoms with van der Waals surface area (Å²) in [6.07, 6.45) is 2.85. The van der Waals surface area contributed by atoms with Crippen LogP contribution in [0.1, 0.15) is 19.3 Å². The van der Waals surface area contributed by atoms with Gasteiger partial charge in [-0.15, -0.1) is 0 Å². The third-order valence-electron chi connectivity index (χ3n) is 4.81. The Morgan fingerprint density at radius 3 is 2.65 bits per heavy atom. The fraction of sp³-hybridized carbons (Fsp3) is 0.857. The predicted molar refractivity (Wildman–Crippen MR) is 73.2 cm³/mol. The highest BCUT2D eigenvalue weighted by molar-refractivity contribution is 5.76. The van der Waals surface area contributed by atoms with Gasteiger partial charge in [-0.05, 0) is 18.8 Å². The van der Waals surface area contributed by atoms with Crippen LogP contribution >= 0.6 is 0 Å². The minimum absolute atomic E-state index is 0.0589. The third-order valence-corrected chi connectivity index (χ3v) is 4.81. The highest BCUT2D eigenvalue weighted by Gasteiger charge is 2.46. The van der Waals surface area contributed by atoms with E-state index >= 15 is 0 Å². The van der Waals surface area contributed by atoms with Crippen LogP contribution in [0, 0.1) is 11.8 Å². The summed E-state index contributed by atoms with van der Waals surface area (Å²) in [6.45, 7) is 3.83. The molecule has 1 N–H and O–H groups in total. The number of rotatable bonds is 2. The van der Waals surface area contributed by atoms with Gasteiger partial charge in [0, 0.05) is 45.6 Å². The van der Waals surface area contributed by atoms with Crippen molar-refractivity contribution in [1.29, 1.82) is 0 Å². The number of carbonyl (C=O) groups excluding carboxylic acids is 2. The summed E-state index contributed by atoms with van der Waals surface area (Å²) in [6, 6.07) is 0.152. The molecule has 3 fully saturated rings. The second-order valence-electron chi connectivity index (χ2n) is 6.05. The van der Waals surface area contributed by atoms with Crippen molar-refractivity contribution in [2.24, 2.45) is 11.8 Å². The Morgan fingerprint density at radius 2 is 1.95 bits per heavy atom. The summed E-state index contributed by atoms with van der Waals surface area (Å²) in [7, 11) is 1.66. The van der Waals surface area contributed by atoms with Gasteiger partial charge in [0.05, 0.1) is 12.7 Å². The van der Waals surface area contributed by atoms with Crippen LogP contribution in [-0.2, 0) is 9.53 Å². The Hall–Kier alpha value is -1.30. The molecule has 3 aliphatic rings. The van der Waals surface area contributed by atoms with Crippen LogP contribution in [0.25, 0.3) is 0 Å². The van der Waals surface area contributed by atoms with E-state index in [-0.39, 0.29) is 24.0 Å². The summed E-state index contributed by atoms with van der Waals surface area (Å²) in [4.78, 5) is 27.8. The maximum atomic E-state index is 12.4. The first kappa shape index (κ1) is 13.7. The first-order chi connectivity index (χ1) is 9.69. The van der Waals surface area contributed by atoms with E-state index in [0.29, 0.717) is 25.5 Å². The maximum Gasteiger partial charge on any atom is 0.320 e. The number of urea groups is 1. The summed E-state index contributed by atoms with van der Waals surface area (Å²) >= 11 is 0. The van der Waals surface area contributed by atoms with Gasteiger partial charge in [0.15, 0.2) is 0 Å². The predicted octanol–water partition coefficient (Wildman–Crippen LogP) is 0.285. The van der Waals surface area contributed by atoms with Gasteiger partial charge >= 0.3 is 6.03 Å². The molecule has 0 aromatic heterocycles. The summed E-state index contributed by atoms with van der Waals surface area (Å²) in [5.74, 6) is 0.624. The van der Waals surface area contributed by atoms with Crippen LogP contribution in [0.5, 0.6) is 0 Å². The fourth-order valence-electron chi connectivity index (χ4n) is 3.61. The molecule has 3 heterocycles. The summed E-state index contributed by atoms with van der Waals surface area (Å²) < 4.78 is 5.79. The Morgan fingerprint density at radius 1 is 1.20 bits per heavy atom. The largest absolute Gasteiger partial charge is 0.376 e. The molecular formula is C14H23N3O3. The molecule has 6 nitrogen and oxygen atoms in total. The number of amides is 3. The second-order valence-corrected chi connectivity index (χ2v) is 6.05. The number of hydrogen-bond acceptors (Lipinski definition) is 3. The average molecular weight is 281 g/mol. The van der Waals surface area contributed by atoms with E-state index in [1.807, 2.05) is 9.80 Å². The monoisotopic (exact) mass is 281 g/mol. The zero-order valence-corrected chi connectivity index (χ0v) is 12.0. The van der Waals surface area contributed by atoms with Crippen LogP contribution in [0.3, 0.4) is 0 Å². The first-order valence-electron chi connectivity index (χ1n) is 7.55. The van der Waals surface area contributed by atoms with Crippen molar-refractivity contribution < 1.29 is 14.3 Å². The van der Waals surface area contributed by atoms with Gasteiger partial charge in [0.25, 0.3) is 0 Å². The molecule has 0 aromatic carbocycles. The second kappa shape index (κ2) is 5.60. The van der Waals surface area contributed by atoms with Crippen molar-refractivity contribution in [3.63, 3.8) is 0 Å². The molecule has 0 aliphatic carbocycles. The topological polar surface area (TPSA) is 61.9 Å². The molecule has 0 radical (unpaired) electrons. The van der Waals surface area contributed by atoms with E-state index in [2.05, 4.69) is 5.32 Å². The molecule has 6 heteroatoms. The molecule has 0 bridgehead atoms. The average Bonchev–Trinajstić information content (AvgIpc) is 3.15. The molecule has 3 aliphatic heterocycles. The van der Waals surface area contributed by atoms with Crippen LogP contribution in [0.15, 0.2) is 0 Å². The zero-order chi connectivity index (χ0) is 14.1. The minimum Gasteiger partial charge on any atom is -0.376 e. The number of likely N-dealkylation sites (tertiary alicyclic amines) is 2. The molecule has 0 spiro atoms. The molecule has 0 aromatic rings. The SMILES string of the molecule is CNC(=O)C[C@@H]1CO[C@@H]2CN(C(=O)N3CCCC3)C[C@H]12. The smallest absolute Gasteiger partial charge is 0.320 e. The lowest BCUT2D eigenvalue weighted by Gasteiger charge is -2.25. The Bertz CT molecular complexity index is 395. The maximum absolute atomic E-state index is 12.4. The highest BCUT2D eigenvalue weighted by Crippen LogP contribution is 2.36. The quantitative estimate of drug-likeness (QED) is 0.791. The van der Waals surface area contributed by atoms with Crippen molar-refractivity contribution in [2.45, 2.75) is 25.4 Å². The fourth-order valence-corrected chi connectivity index (χ4v) is 3.61. The van der Waals surface area contributed by atoms with E-state index in [4.69, 9.17) is 4.74 Å². The normalized spacial score (nSPS) is 32.5. The van der Waals surface area contributed by atoms with Crippen LogP contribution in [0.4, 0.5) is 4.79 Å². The molecule has 3 atom stereocenters. The molecule has 0 unspecified atom stereocenters. The molecular weight excluding hydrogens is 258 g/mol. The van der Waals surface area contributed by atoms with Crippen molar-refractivity contribution >= 4 is 11.9 Å². The van der Waals surface area contributed by atoms with Crippen LogP contribution in [-0.4, -0.2) is 67.7 Å². The minimum atomic E-state index is 0.0589. The van der Waals surface area contributed by atoms with Crippen molar-refractivity contribution in [3.8, 4) is 0 Å². The number of ether oxygens (including phenoxy) is 1. The number of nitrogens with one attached hydrogen (secondary N) is 1. The molecule has 3 saturated heterocycles.